The van der Waals surface area contributed by atoms with Crippen molar-refractivity contribution in [3.8, 4) is 0 Å². The van der Waals surface area contributed by atoms with Gasteiger partial charge in [0.15, 0.2) is 0 Å². The van der Waals surface area contributed by atoms with E-state index in [1.807, 2.05) is 20.0 Å². The van der Waals surface area contributed by atoms with Gasteiger partial charge in [0.25, 0.3) is 0 Å². The maximum Gasteiger partial charge on any atom is 0.135 e. The fraction of sp³-hybridized carbons (Fsp3) is 0.789. The molecule has 0 aliphatic carbocycles. The van der Waals surface area contributed by atoms with Crippen molar-refractivity contribution in [2.75, 3.05) is 19.6 Å². The van der Waals surface area contributed by atoms with Crippen molar-refractivity contribution in [3.63, 3.8) is 0 Å². The number of carbonyl (C=O) groups is 1. The molecule has 1 aromatic heterocycles. The van der Waals surface area contributed by atoms with E-state index < -0.39 is 0 Å². The highest BCUT2D eigenvalue weighted by Crippen LogP contribution is 2.22. The van der Waals surface area contributed by atoms with Crippen LogP contribution in [-0.4, -0.2) is 40.1 Å². The van der Waals surface area contributed by atoms with Crippen LogP contribution in [0.2, 0.25) is 0 Å². The van der Waals surface area contributed by atoms with Gasteiger partial charge < -0.3 is 4.90 Å². The number of aryl methyl sites for hydroxylation is 1. The largest absolute Gasteiger partial charge is 0.303 e. The highest BCUT2D eigenvalue weighted by molar-refractivity contribution is 5.80. The number of nitrogens with zero attached hydrogens (tertiary/aromatic N) is 3. The average Bonchev–Trinajstić information content (AvgIpc) is 3.04. The molecule has 2 heterocycles. The van der Waals surface area contributed by atoms with Crippen molar-refractivity contribution in [1.82, 2.24) is 14.7 Å². The molecule has 0 atom stereocenters. The van der Waals surface area contributed by atoms with E-state index in [1.54, 1.807) is 0 Å². The summed E-state index contributed by atoms with van der Waals surface area (Å²) in [6.07, 6.45) is 11.9. The summed E-state index contributed by atoms with van der Waals surface area (Å²) < 4.78 is 2.17. The molecule has 1 aliphatic heterocycles. The molecule has 4 nitrogen and oxygen atoms in total. The molecule has 1 fully saturated rings. The Hall–Kier alpha value is -1.16. The highest BCUT2D eigenvalue weighted by Gasteiger charge is 2.20. The molecular formula is C19H33N3O. The van der Waals surface area contributed by atoms with Gasteiger partial charge in [0.1, 0.15) is 5.78 Å². The second-order valence-corrected chi connectivity index (χ2v) is 7.19. The van der Waals surface area contributed by atoms with Gasteiger partial charge in [-0.05, 0) is 44.2 Å². The van der Waals surface area contributed by atoms with Crippen LogP contribution in [0.15, 0.2) is 12.4 Å². The van der Waals surface area contributed by atoms with Crippen LogP contribution in [0.1, 0.15) is 70.9 Å². The first-order chi connectivity index (χ1) is 11.1. The second-order valence-electron chi connectivity index (χ2n) is 7.19. The van der Waals surface area contributed by atoms with Gasteiger partial charge in [-0.25, -0.2) is 0 Å². The number of ketones is 1. The molecule has 0 saturated carbocycles. The molecule has 1 aliphatic rings. The molecular weight excluding hydrogens is 286 g/mol. The molecule has 0 radical (unpaired) electrons. The number of piperidine rings is 1. The lowest BCUT2D eigenvalue weighted by molar-refractivity contribution is -0.122. The Kier molecular flexibility index (Phi) is 7.28. The van der Waals surface area contributed by atoms with Crippen LogP contribution >= 0.6 is 0 Å². The average molecular weight is 319 g/mol. The third-order valence-electron chi connectivity index (χ3n) is 5.04. The van der Waals surface area contributed by atoms with Gasteiger partial charge in [-0.2, -0.15) is 5.10 Å². The van der Waals surface area contributed by atoms with E-state index in [2.05, 4.69) is 27.8 Å². The van der Waals surface area contributed by atoms with Crippen molar-refractivity contribution >= 4 is 5.78 Å². The number of rotatable bonds is 9. The van der Waals surface area contributed by atoms with Gasteiger partial charge in [0.05, 0.1) is 12.2 Å². The van der Waals surface area contributed by atoms with Crippen molar-refractivity contribution in [3.05, 3.63) is 18.0 Å². The molecule has 0 amide bonds. The van der Waals surface area contributed by atoms with Gasteiger partial charge in [-0.15, -0.1) is 0 Å². The Bertz CT molecular complexity index is 473. The molecule has 1 saturated heterocycles. The zero-order chi connectivity index (χ0) is 16.7. The number of likely N-dealkylation sites (tertiary alicyclic amines) is 1. The third kappa shape index (κ3) is 5.76. The molecule has 0 spiro atoms. The lowest BCUT2D eigenvalue weighted by Crippen LogP contribution is -2.35. The summed E-state index contributed by atoms with van der Waals surface area (Å²) in [5.41, 5.74) is 1.34. The van der Waals surface area contributed by atoms with Gasteiger partial charge in [0.2, 0.25) is 0 Å². The molecule has 1 aromatic rings. The summed E-state index contributed by atoms with van der Waals surface area (Å²) >= 11 is 0. The summed E-state index contributed by atoms with van der Waals surface area (Å²) in [5, 5.41) is 4.52. The Labute approximate surface area is 141 Å². The number of unbranched alkanes of at least 4 members (excludes halogenated alkanes) is 2. The Morgan fingerprint density at radius 3 is 2.61 bits per heavy atom. The predicted octanol–water partition coefficient (Wildman–Crippen LogP) is 3.87. The molecule has 130 valence electrons. The Morgan fingerprint density at radius 2 is 2.00 bits per heavy atom. The van der Waals surface area contributed by atoms with Crippen LogP contribution in [0.4, 0.5) is 0 Å². The highest BCUT2D eigenvalue weighted by atomic mass is 16.1. The van der Waals surface area contributed by atoms with E-state index in [9.17, 15) is 4.79 Å². The summed E-state index contributed by atoms with van der Waals surface area (Å²) in [5.74, 6) is 0.612. The Morgan fingerprint density at radius 1 is 1.26 bits per heavy atom. The summed E-state index contributed by atoms with van der Waals surface area (Å²) in [7, 11) is 0. The minimum atomic E-state index is 0.199. The smallest absolute Gasteiger partial charge is 0.135 e. The van der Waals surface area contributed by atoms with E-state index in [0.717, 1.165) is 19.3 Å². The quantitative estimate of drug-likeness (QED) is 0.649. The molecule has 0 N–H and O–H groups in total. The molecule has 23 heavy (non-hydrogen) atoms. The van der Waals surface area contributed by atoms with Crippen molar-refractivity contribution < 1.29 is 4.79 Å². The third-order valence-corrected chi connectivity index (χ3v) is 5.04. The van der Waals surface area contributed by atoms with E-state index in [-0.39, 0.29) is 5.92 Å². The van der Waals surface area contributed by atoms with E-state index in [1.165, 1.54) is 50.9 Å². The molecule has 2 rings (SSSR count). The molecule has 0 unspecified atom stereocenters. The first kappa shape index (κ1) is 18.2. The zero-order valence-electron chi connectivity index (χ0n) is 15.1. The summed E-state index contributed by atoms with van der Waals surface area (Å²) in [4.78, 5) is 14.2. The summed E-state index contributed by atoms with van der Waals surface area (Å²) in [6.45, 7) is 9.71. The minimum Gasteiger partial charge on any atom is -0.303 e. The number of hydrogen-bond donors (Lipinski definition) is 0. The normalized spacial score (nSPS) is 17.0. The second kappa shape index (κ2) is 9.21. The predicted molar refractivity (Wildman–Crippen MR) is 94.6 cm³/mol. The van der Waals surface area contributed by atoms with Crippen LogP contribution in [0.25, 0.3) is 0 Å². The summed E-state index contributed by atoms with van der Waals surface area (Å²) in [6, 6.07) is 0.579. The van der Waals surface area contributed by atoms with Crippen LogP contribution in [-0.2, 0) is 11.2 Å². The number of aromatic nitrogens is 2. The topological polar surface area (TPSA) is 38.1 Å². The van der Waals surface area contributed by atoms with E-state index in [0.29, 0.717) is 11.8 Å². The fourth-order valence-corrected chi connectivity index (χ4v) is 3.27. The molecule has 4 heteroatoms. The zero-order valence-corrected chi connectivity index (χ0v) is 15.1. The number of carbonyl (C=O) groups excluding carboxylic acids is 1. The number of hydrogen-bond acceptors (Lipinski definition) is 3. The maximum absolute atomic E-state index is 11.6. The van der Waals surface area contributed by atoms with E-state index in [4.69, 9.17) is 0 Å². The van der Waals surface area contributed by atoms with Crippen LogP contribution in [0.3, 0.4) is 0 Å². The first-order valence-electron chi connectivity index (χ1n) is 9.38. The van der Waals surface area contributed by atoms with Crippen molar-refractivity contribution in [1.29, 1.82) is 0 Å². The van der Waals surface area contributed by atoms with Crippen LogP contribution in [0, 0.1) is 5.92 Å². The first-order valence-corrected chi connectivity index (χ1v) is 9.38. The van der Waals surface area contributed by atoms with Gasteiger partial charge in [0, 0.05) is 31.6 Å². The van der Waals surface area contributed by atoms with Gasteiger partial charge >= 0.3 is 0 Å². The lowest BCUT2D eigenvalue weighted by atomic mass is 10.0. The minimum absolute atomic E-state index is 0.199. The molecule has 0 bridgehead atoms. The van der Waals surface area contributed by atoms with Crippen molar-refractivity contribution in [2.45, 2.75) is 71.8 Å². The SMILES string of the molecule is CCc1cnn(C2CCN(CCCCCC(=O)C(C)C)CC2)c1. The lowest BCUT2D eigenvalue weighted by Gasteiger charge is -2.32. The van der Waals surface area contributed by atoms with Crippen LogP contribution in [0.5, 0.6) is 0 Å². The van der Waals surface area contributed by atoms with Gasteiger partial charge in [-0.3, -0.25) is 9.48 Å². The Balaban J connectivity index is 1.59. The van der Waals surface area contributed by atoms with Crippen molar-refractivity contribution in [2.24, 2.45) is 5.92 Å². The van der Waals surface area contributed by atoms with E-state index >= 15 is 0 Å². The van der Waals surface area contributed by atoms with Crippen LogP contribution < -0.4 is 0 Å². The maximum atomic E-state index is 11.6. The van der Waals surface area contributed by atoms with Gasteiger partial charge in [-0.1, -0.05) is 27.2 Å². The monoisotopic (exact) mass is 319 g/mol. The molecule has 0 aromatic carbocycles. The fourth-order valence-electron chi connectivity index (χ4n) is 3.27. The standard InChI is InChI=1S/C19H33N3O/c1-4-17-14-20-22(15-17)18-9-12-21(13-10-18)11-7-5-6-8-19(23)16(2)3/h14-16,18H,4-13H2,1-3H3. The number of Topliss-reactive ketones (excluding diaryl/α,β-unsaturated/α-hetero) is 1.